The Hall–Kier alpha value is -0.530. The molecule has 0 N–H and O–H groups in total. The quantitative estimate of drug-likeness (QED) is 0.667. The maximum absolute atomic E-state index is 6.34. The summed E-state index contributed by atoms with van der Waals surface area (Å²) in [5, 5.41) is 0.994. The maximum atomic E-state index is 6.34. The zero-order chi connectivity index (χ0) is 11.1. The lowest BCUT2D eigenvalue weighted by Crippen LogP contribution is -2.25. The molecule has 0 fully saturated rings. The molecule has 0 radical (unpaired) electrons. The van der Waals surface area contributed by atoms with Crippen molar-refractivity contribution in [1.29, 1.82) is 0 Å². The van der Waals surface area contributed by atoms with E-state index in [1.165, 1.54) is 44.3 Å². The summed E-state index contributed by atoms with van der Waals surface area (Å²) in [6.07, 6.45) is 5.01. The van der Waals surface area contributed by atoms with Crippen molar-refractivity contribution in [2.75, 3.05) is 20.1 Å². The fraction of sp³-hybridized carbons (Fsp3) is 0.571. The van der Waals surface area contributed by atoms with Crippen LogP contribution in [0.4, 0.5) is 0 Å². The van der Waals surface area contributed by atoms with Gasteiger partial charge in [0.1, 0.15) is 0 Å². The van der Waals surface area contributed by atoms with E-state index >= 15 is 0 Å². The van der Waals surface area contributed by atoms with Crippen LogP contribution >= 0.6 is 11.6 Å². The average molecular weight is 236 g/mol. The third-order valence-electron chi connectivity index (χ3n) is 4.07. The first-order valence-corrected chi connectivity index (χ1v) is 6.62. The third kappa shape index (κ3) is 1.66. The van der Waals surface area contributed by atoms with Crippen molar-refractivity contribution in [1.82, 2.24) is 4.90 Å². The lowest BCUT2D eigenvalue weighted by Gasteiger charge is -2.28. The third-order valence-corrected chi connectivity index (χ3v) is 4.43. The van der Waals surface area contributed by atoms with Crippen molar-refractivity contribution in [3.05, 3.63) is 33.8 Å². The highest BCUT2D eigenvalue weighted by Crippen LogP contribution is 2.39. The molecule has 0 aromatic heterocycles. The molecular formula is C14H18ClN. The number of hydrogen-bond acceptors (Lipinski definition) is 1. The van der Waals surface area contributed by atoms with Gasteiger partial charge in [0.2, 0.25) is 0 Å². The molecular weight excluding hydrogens is 218 g/mol. The van der Waals surface area contributed by atoms with Gasteiger partial charge in [0.15, 0.2) is 0 Å². The van der Waals surface area contributed by atoms with E-state index in [4.69, 9.17) is 11.6 Å². The number of hydrogen-bond donors (Lipinski definition) is 0. The van der Waals surface area contributed by atoms with Gasteiger partial charge in [-0.25, -0.2) is 0 Å². The molecule has 1 heterocycles. The topological polar surface area (TPSA) is 3.24 Å². The number of nitrogens with zero attached hydrogens (tertiary/aromatic N) is 1. The van der Waals surface area contributed by atoms with Crippen LogP contribution in [-0.4, -0.2) is 25.0 Å². The summed E-state index contributed by atoms with van der Waals surface area (Å²) in [5.41, 5.74) is 4.60. The van der Waals surface area contributed by atoms with Gasteiger partial charge in [0.05, 0.1) is 0 Å². The number of likely N-dealkylation sites (N-methyl/N-ethyl adjacent to an activating group) is 1. The van der Waals surface area contributed by atoms with E-state index in [0.29, 0.717) is 0 Å². The van der Waals surface area contributed by atoms with Gasteiger partial charge in [0.25, 0.3) is 0 Å². The Kier molecular flexibility index (Phi) is 2.68. The number of benzene rings is 1. The summed E-state index contributed by atoms with van der Waals surface area (Å²) in [7, 11) is 2.24. The lowest BCUT2D eigenvalue weighted by molar-refractivity contribution is 0.313. The van der Waals surface area contributed by atoms with E-state index in [9.17, 15) is 0 Å². The fourth-order valence-corrected chi connectivity index (χ4v) is 3.56. The normalized spacial score (nSPS) is 25.0. The largest absolute Gasteiger partial charge is 0.305 e. The Morgan fingerprint density at radius 3 is 3.06 bits per heavy atom. The Balaban J connectivity index is 2.14. The van der Waals surface area contributed by atoms with E-state index in [2.05, 4.69) is 24.1 Å². The Morgan fingerprint density at radius 1 is 1.31 bits per heavy atom. The minimum absolute atomic E-state index is 0.727. The highest BCUT2D eigenvalue weighted by molar-refractivity contribution is 6.31. The van der Waals surface area contributed by atoms with Crippen LogP contribution in [0.5, 0.6) is 0 Å². The first-order valence-electron chi connectivity index (χ1n) is 6.24. The van der Waals surface area contributed by atoms with Crippen molar-refractivity contribution < 1.29 is 0 Å². The van der Waals surface area contributed by atoms with Gasteiger partial charge < -0.3 is 4.90 Å². The molecule has 16 heavy (non-hydrogen) atoms. The molecule has 0 spiro atoms. The smallest absolute Gasteiger partial charge is 0.0441 e. The minimum atomic E-state index is 0.727. The molecule has 1 aromatic rings. The average Bonchev–Trinajstić information content (AvgIpc) is 2.44. The van der Waals surface area contributed by atoms with Crippen molar-refractivity contribution in [2.45, 2.75) is 31.6 Å². The highest BCUT2D eigenvalue weighted by Gasteiger charge is 2.27. The van der Waals surface area contributed by atoms with E-state index in [0.717, 1.165) is 10.9 Å². The summed E-state index contributed by atoms with van der Waals surface area (Å²) in [5.74, 6) is 0.727. The molecule has 1 aliphatic carbocycles. The molecule has 0 bridgehead atoms. The monoisotopic (exact) mass is 235 g/mol. The van der Waals surface area contributed by atoms with Crippen LogP contribution in [0.25, 0.3) is 0 Å². The second-order valence-electron chi connectivity index (χ2n) is 5.20. The van der Waals surface area contributed by atoms with Gasteiger partial charge in [-0.1, -0.05) is 17.7 Å². The Labute approximate surface area is 102 Å². The second-order valence-corrected chi connectivity index (χ2v) is 5.61. The maximum Gasteiger partial charge on any atom is 0.0441 e. The molecule has 1 aliphatic heterocycles. The van der Waals surface area contributed by atoms with Crippen LogP contribution in [0.2, 0.25) is 5.02 Å². The fourth-order valence-electron chi connectivity index (χ4n) is 3.30. The Bertz CT molecular complexity index is 413. The molecule has 3 rings (SSSR count). The molecule has 1 nitrogen and oxygen atoms in total. The molecule has 0 saturated heterocycles. The predicted molar refractivity (Wildman–Crippen MR) is 68.3 cm³/mol. The number of halogens is 1. The molecule has 1 unspecified atom stereocenters. The molecule has 2 heteroatoms. The summed E-state index contributed by atoms with van der Waals surface area (Å²) >= 11 is 6.34. The summed E-state index contributed by atoms with van der Waals surface area (Å²) < 4.78 is 0. The van der Waals surface area contributed by atoms with Crippen LogP contribution in [0, 0.1) is 0 Å². The minimum Gasteiger partial charge on any atom is -0.305 e. The van der Waals surface area contributed by atoms with Crippen molar-refractivity contribution in [2.24, 2.45) is 0 Å². The first kappa shape index (κ1) is 10.6. The summed E-state index contributed by atoms with van der Waals surface area (Å²) in [6.45, 7) is 2.39. The van der Waals surface area contributed by atoms with Crippen LogP contribution in [-0.2, 0) is 12.8 Å². The molecule has 86 valence electrons. The molecule has 0 amide bonds. The van der Waals surface area contributed by atoms with Gasteiger partial charge in [0, 0.05) is 18.1 Å². The molecule has 1 atom stereocenters. The molecule has 0 saturated carbocycles. The lowest BCUT2D eigenvalue weighted by atomic mass is 9.80. The second kappa shape index (κ2) is 4.05. The van der Waals surface area contributed by atoms with Crippen LogP contribution in [0.3, 0.4) is 0 Å². The molecule has 2 aliphatic rings. The van der Waals surface area contributed by atoms with Crippen LogP contribution in [0.1, 0.15) is 35.4 Å². The number of rotatable bonds is 0. The highest BCUT2D eigenvalue weighted by atomic mass is 35.5. The van der Waals surface area contributed by atoms with Crippen molar-refractivity contribution in [3.63, 3.8) is 0 Å². The van der Waals surface area contributed by atoms with Gasteiger partial charge >= 0.3 is 0 Å². The van der Waals surface area contributed by atoms with Gasteiger partial charge in [-0.15, -0.1) is 0 Å². The SMILES string of the molecule is CN1CCc2ccc(Cl)c3c2C(CCC3)C1. The standard InChI is InChI=1S/C14H18ClN/c1-16-8-7-10-5-6-13(15)12-4-2-3-11(9-16)14(10)12/h5-6,11H,2-4,7-9H2,1H3. The van der Waals surface area contributed by atoms with E-state index in [1.807, 2.05) is 0 Å². The van der Waals surface area contributed by atoms with Crippen LogP contribution < -0.4 is 0 Å². The van der Waals surface area contributed by atoms with Gasteiger partial charge in [-0.3, -0.25) is 0 Å². The summed E-state index contributed by atoms with van der Waals surface area (Å²) in [6, 6.07) is 4.35. The van der Waals surface area contributed by atoms with E-state index in [1.54, 1.807) is 11.1 Å². The molecule has 1 aromatic carbocycles. The Morgan fingerprint density at radius 2 is 2.19 bits per heavy atom. The first-order chi connectivity index (χ1) is 7.75. The van der Waals surface area contributed by atoms with Gasteiger partial charge in [-0.05, 0) is 61.4 Å². The van der Waals surface area contributed by atoms with E-state index in [-0.39, 0.29) is 0 Å². The summed E-state index contributed by atoms with van der Waals surface area (Å²) in [4.78, 5) is 2.47. The predicted octanol–water partition coefficient (Wildman–Crippen LogP) is 3.25. The van der Waals surface area contributed by atoms with E-state index < -0.39 is 0 Å². The van der Waals surface area contributed by atoms with Crippen molar-refractivity contribution >= 4 is 11.6 Å². The van der Waals surface area contributed by atoms with Gasteiger partial charge in [-0.2, -0.15) is 0 Å². The zero-order valence-corrected chi connectivity index (χ0v) is 10.6. The zero-order valence-electron chi connectivity index (χ0n) is 9.80. The van der Waals surface area contributed by atoms with Crippen molar-refractivity contribution in [3.8, 4) is 0 Å². The van der Waals surface area contributed by atoms with Crippen LogP contribution in [0.15, 0.2) is 12.1 Å².